The summed E-state index contributed by atoms with van der Waals surface area (Å²) < 4.78 is 39.3. The zero-order valence-corrected chi connectivity index (χ0v) is 19.9. The Labute approximate surface area is 196 Å². The number of hydrogen-bond donors (Lipinski definition) is 2. The largest absolute Gasteiger partial charge is 0.473 e. The van der Waals surface area contributed by atoms with Gasteiger partial charge in [0, 0.05) is 32.9 Å². The van der Waals surface area contributed by atoms with Crippen molar-refractivity contribution in [1.82, 2.24) is 19.9 Å². The zero-order chi connectivity index (χ0) is 24.2. The first-order valence-electron chi connectivity index (χ1n) is 11.2. The number of aromatic nitrogens is 3. The van der Waals surface area contributed by atoms with Crippen LogP contribution in [0, 0.1) is 0 Å². The van der Waals surface area contributed by atoms with Crippen LogP contribution in [0.5, 0.6) is 11.9 Å². The zero-order valence-electron chi connectivity index (χ0n) is 19.1. The van der Waals surface area contributed by atoms with Crippen LogP contribution in [0.2, 0.25) is 5.02 Å². The maximum Gasteiger partial charge on any atom is 0.297 e. The molecule has 0 bridgehead atoms. The Hall–Kier alpha value is -2.20. The van der Waals surface area contributed by atoms with Gasteiger partial charge in [0.25, 0.3) is 11.9 Å². The molecule has 0 saturated heterocycles. The van der Waals surface area contributed by atoms with E-state index >= 15 is 0 Å². The van der Waals surface area contributed by atoms with Gasteiger partial charge in [-0.3, -0.25) is 9.36 Å². The van der Waals surface area contributed by atoms with Gasteiger partial charge in [-0.2, -0.15) is 4.98 Å². The number of halogens is 3. The Morgan fingerprint density at radius 3 is 2.52 bits per heavy atom. The van der Waals surface area contributed by atoms with Crippen LogP contribution in [0.4, 0.5) is 8.78 Å². The van der Waals surface area contributed by atoms with E-state index in [-0.39, 0.29) is 48.4 Å². The molecular formula is C22H31ClF2N4O4. The number of amides is 1. The summed E-state index contributed by atoms with van der Waals surface area (Å²) in [5.41, 5.74) is 1.24. The van der Waals surface area contributed by atoms with E-state index in [4.69, 9.17) is 26.2 Å². The molecule has 2 aromatic heterocycles. The minimum Gasteiger partial charge on any atom is -0.473 e. The van der Waals surface area contributed by atoms with E-state index in [0.29, 0.717) is 17.0 Å². The number of rotatable bonds is 6. The van der Waals surface area contributed by atoms with Gasteiger partial charge in [0.05, 0.1) is 18.3 Å². The molecule has 33 heavy (non-hydrogen) atoms. The van der Waals surface area contributed by atoms with Gasteiger partial charge < -0.3 is 19.9 Å². The molecule has 1 atom stereocenters. The summed E-state index contributed by atoms with van der Waals surface area (Å²) in [6.07, 6.45) is 6.20. The predicted octanol–water partition coefficient (Wildman–Crippen LogP) is 4.01. The first-order valence-corrected chi connectivity index (χ1v) is 11.6. The lowest BCUT2D eigenvalue weighted by atomic mass is 9.91. The van der Waals surface area contributed by atoms with E-state index in [1.54, 1.807) is 17.7 Å². The first kappa shape index (κ1) is 25.4. The van der Waals surface area contributed by atoms with Gasteiger partial charge in [0.1, 0.15) is 22.7 Å². The maximum atomic E-state index is 13.0. The number of nitrogens with zero attached hydrogens (tertiary/aromatic N) is 3. The highest BCUT2D eigenvalue weighted by Crippen LogP contribution is 2.41. The summed E-state index contributed by atoms with van der Waals surface area (Å²) >= 11 is 6.41. The molecule has 2 aromatic rings. The number of carbonyl (C=O) groups is 1. The van der Waals surface area contributed by atoms with Gasteiger partial charge in [0.2, 0.25) is 11.8 Å². The Balaban J connectivity index is 0.000000331. The van der Waals surface area contributed by atoms with Gasteiger partial charge in [0.15, 0.2) is 0 Å². The minimum atomic E-state index is -2.64. The van der Waals surface area contributed by atoms with E-state index in [2.05, 4.69) is 15.3 Å². The van der Waals surface area contributed by atoms with E-state index in [0.717, 1.165) is 12.8 Å². The Morgan fingerprint density at radius 2 is 1.97 bits per heavy atom. The number of imidazole rings is 1. The molecule has 11 heteroatoms. The quantitative estimate of drug-likeness (QED) is 0.637. The Morgan fingerprint density at radius 1 is 1.30 bits per heavy atom. The van der Waals surface area contributed by atoms with Gasteiger partial charge in [-0.05, 0) is 32.6 Å². The normalized spacial score (nSPS) is 19.2. The molecular weight excluding hydrogens is 458 g/mol. The number of aryl methyl sites for hydroxylation is 1. The van der Waals surface area contributed by atoms with Gasteiger partial charge in [-0.25, -0.2) is 13.8 Å². The number of pyridine rings is 1. The van der Waals surface area contributed by atoms with Crippen LogP contribution >= 0.6 is 11.6 Å². The molecule has 0 radical (unpaired) electrons. The molecule has 1 amide bonds. The monoisotopic (exact) mass is 488 g/mol. The number of nitrogens with one attached hydrogen (secondary N) is 1. The summed E-state index contributed by atoms with van der Waals surface area (Å²) in [5.74, 6) is -2.58. The van der Waals surface area contributed by atoms with Crippen molar-refractivity contribution in [2.45, 2.75) is 83.0 Å². The average molecular weight is 489 g/mol. The van der Waals surface area contributed by atoms with E-state index < -0.39 is 12.0 Å². The summed E-state index contributed by atoms with van der Waals surface area (Å²) in [6, 6.07) is 0.380. The van der Waals surface area contributed by atoms with Crippen molar-refractivity contribution >= 4 is 28.5 Å². The lowest BCUT2D eigenvalue weighted by Gasteiger charge is -2.34. The lowest BCUT2D eigenvalue weighted by molar-refractivity contribution is -0.135. The van der Waals surface area contributed by atoms with E-state index in [9.17, 15) is 13.6 Å². The molecule has 2 aliphatic carbocycles. The highest BCUT2D eigenvalue weighted by molar-refractivity contribution is 6.36. The number of ether oxygens (including phenoxy) is 2. The van der Waals surface area contributed by atoms with Crippen molar-refractivity contribution in [3.63, 3.8) is 0 Å². The summed E-state index contributed by atoms with van der Waals surface area (Å²) in [7, 11) is 1.82. The predicted molar refractivity (Wildman–Crippen MR) is 120 cm³/mol. The minimum absolute atomic E-state index is 0.000417. The van der Waals surface area contributed by atoms with Crippen LogP contribution in [0.1, 0.15) is 58.8 Å². The third kappa shape index (κ3) is 6.66. The second-order valence-electron chi connectivity index (χ2n) is 8.73. The fraction of sp³-hybridized carbons (Fsp3) is 0.682. The molecule has 2 fully saturated rings. The third-order valence-electron chi connectivity index (χ3n) is 5.66. The second kappa shape index (κ2) is 10.8. The number of hydrogen-bond acceptors (Lipinski definition) is 6. The Bertz CT molecular complexity index is 958. The van der Waals surface area contributed by atoms with Crippen LogP contribution in [0.15, 0.2) is 6.20 Å². The van der Waals surface area contributed by atoms with Crippen molar-refractivity contribution < 1.29 is 28.2 Å². The number of aliphatic hydroxyl groups is 1. The molecule has 2 aliphatic rings. The molecule has 2 heterocycles. The lowest BCUT2D eigenvalue weighted by Crippen LogP contribution is -2.43. The van der Waals surface area contributed by atoms with E-state index in [1.807, 2.05) is 7.05 Å². The number of carbonyl (C=O) groups excluding carboxylic acids is 1. The highest BCUT2D eigenvalue weighted by atomic mass is 35.5. The van der Waals surface area contributed by atoms with Gasteiger partial charge >= 0.3 is 0 Å². The average Bonchev–Trinajstić information content (AvgIpc) is 3.05. The molecule has 1 unspecified atom stereocenters. The number of fused-ring (bicyclic) bond motifs is 1. The second-order valence-corrected chi connectivity index (χ2v) is 9.11. The van der Waals surface area contributed by atoms with Gasteiger partial charge in [-0.15, -0.1) is 0 Å². The molecule has 2 N–H and O–H groups in total. The Kier molecular flexibility index (Phi) is 8.33. The van der Waals surface area contributed by atoms with Crippen molar-refractivity contribution in [2.24, 2.45) is 7.05 Å². The topological polar surface area (TPSA) is 98.5 Å². The summed E-state index contributed by atoms with van der Waals surface area (Å²) in [4.78, 5) is 18.8. The molecule has 2 saturated carbocycles. The third-order valence-corrected chi connectivity index (χ3v) is 6.00. The van der Waals surface area contributed by atoms with Crippen molar-refractivity contribution in [3.05, 3.63) is 11.2 Å². The van der Waals surface area contributed by atoms with Crippen LogP contribution in [-0.4, -0.2) is 56.3 Å². The maximum absolute atomic E-state index is 13.0. The smallest absolute Gasteiger partial charge is 0.297 e. The summed E-state index contributed by atoms with van der Waals surface area (Å²) in [5, 5.41) is 11.2. The fourth-order valence-electron chi connectivity index (χ4n) is 3.89. The van der Waals surface area contributed by atoms with Crippen LogP contribution < -0.4 is 14.8 Å². The molecule has 8 nitrogen and oxygen atoms in total. The molecule has 4 rings (SSSR count). The molecule has 0 aliphatic heterocycles. The molecule has 184 valence electrons. The molecule has 0 aromatic carbocycles. The fourth-order valence-corrected chi connectivity index (χ4v) is 4.20. The highest BCUT2D eigenvalue weighted by Gasteiger charge is 2.47. The first-order chi connectivity index (χ1) is 15.6. The summed E-state index contributed by atoms with van der Waals surface area (Å²) in [6.45, 7) is 3.16. The van der Waals surface area contributed by atoms with Crippen molar-refractivity contribution in [2.75, 3.05) is 6.61 Å². The van der Waals surface area contributed by atoms with Crippen LogP contribution in [-0.2, 0) is 11.8 Å². The number of alkyl halides is 2. The number of aliphatic hydroxyl groups excluding tert-OH is 1. The SMILES string of the molecule is CC(=O)NC(C)CO.Cn1c(OC2CCCCC2)nc2cnc(OC3CC(F)(F)C3)c(Cl)c21. The van der Waals surface area contributed by atoms with E-state index in [1.165, 1.54) is 26.2 Å². The van der Waals surface area contributed by atoms with Crippen molar-refractivity contribution in [1.29, 1.82) is 0 Å². The van der Waals surface area contributed by atoms with Gasteiger partial charge in [-0.1, -0.05) is 18.0 Å². The standard InChI is InChI=1S/C17H20ClF2N3O2.C5H11NO2/c1-23-14-12(22-16(23)25-10-5-3-2-4-6-10)9-21-15(13(14)18)24-11-7-17(19,20)8-11;1-4(3-7)6-5(2)8/h9-11H,2-8H2,1H3;4,7H,3H2,1-2H3,(H,6,8). The van der Waals surface area contributed by atoms with Crippen LogP contribution in [0.25, 0.3) is 11.0 Å². The van der Waals surface area contributed by atoms with Crippen molar-refractivity contribution in [3.8, 4) is 11.9 Å². The molecule has 0 spiro atoms. The van der Waals surface area contributed by atoms with Crippen LogP contribution in [0.3, 0.4) is 0 Å².